The molecule has 1 aromatic rings. The molecule has 0 amide bonds. The summed E-state index contributed by atoms with van der Waals surface area (Å²) in [6, 6.07) is 3.43. The van der Waals surface area contributed by atoms with Gasteiger partial charge in [0.2, 0.25) is 0 Å². The van der Waals surface area contributed by atoms with Crippen LogP contribution >= 0.6 is 0 Å². The van der Waals surface area contributed by atoms with E-state index in [1.165, 1.54) is 12.1 Å². The van der Waals surface area contributed by atoms with E-state index in [0.29, 0.717) is 0 Å². The third-order valence-electron chi connectivity index (χ3n) is 1.82. The number of hydrogen-bond acceptors (Lipinski definition) is 9. The number of nitrogens with two attached hydrogens (primary N) is 1. The molecule has 0 radical (unpaired) electrons. The molecule has 0 aromatic heterocycles. The SMILES string of the molecule is NNNNNNc1cc(C(=O)[O-])cc(C(=O)O)c1. The molecule has 18 heavy (non-hydrogen) atoms. The van der Waals surface area contributed by atoms with Crippen molar-refractivity contribution in [3.63, 3.8) is 0 Å². The van der Waals surface area contributed by atoms with Gasteiger partial charge in [-0.25, -0.2) is 4.79 Å². The average Bonchev–Trinajstić information content (AvgIpc) is 2.34. The molecule has 0 fully saturated rings. The van der Waals surface area contributed by atoms with Gasteiger partial charge in [-0.2, -0.15) is 22.1 Å². The highest BCUT2D eigenvalue weighted by Crippen LogP contribution is 2.14. The topological polar surface area (TPSA) is 164 Å². The molecule has 0 heterocycles. The van der Waals surface area contributed by atoms with Gasteiger partial charge in [-0.3, -0.25) is 5.84 Å². The van der Waals surface area contributed by atoms with Gasteiger partial charge in [-0.05, 0) is 18.2 Å². The van der Waals surface area contributed by atoms with Crippen molar-refractivity contribution in [2.75, 3.05) is 5.43 Å². The van der Waals surface area contributed by atoms with E-state index in [9.17, 15) is 14.7 Å². The molecule has 0 unspecified atom stereocenters. The Balaban J connectivity index is 2.83. The fraction of sp³-hybridized carbons (Fsp3) is 0. The van der Waals surface area contributed by atoms with Crippen LogP contribution in [0.25, 0.3) is 0 Å². The molecular formula is C8H11N6O4-. The van der Waals surface area contributed by atoms with Gasteiger partial charge in [-0.15, -0.1) is 0 Å². The highest BCUT2D eigenvalue weighted by atomic mass is 16.4. The molecule has 0 aliphatic heterocycles. The summed E-state index contributed by atoms with van der Waals surface area (Å²) in [6.07, 6.45) is 0. The fourth-order valence-corrected chi connectivity index (χ4v) is 1.11. The maximum Gasteiger partial charge on any atom is 0.335 e. The average molecular weight is 255 g/mol. The Morgan fingerprint density at radius 2 is 1.78 bits per heavy atom. The number of hydrogen-bond donors (Lipinski definition) is 7. The summed E-state index contributed by atoms with van der Waals surface area (Å²) >= 11 is 0. The van der Waals surface area contributed by atoms with Crippen molar-refractivity contribution in [3.8, 4) is 0 Å². The third kappa shape index (κ3) is 3.97. The first-order chi connectivity index (χ1) is 8.54. The van der Waals surface area contributed by atoms with E-state index in [1.807, 2.05) is 0 Å². The van der Waals surface area contributed by atoms with E-state index < -0.39 is 11.9 Å². The highest BCUT2D eigenvalue weighted by Gasteiger charge is 2.07. The zero-order valence-electron chi connectivity index (χ0n) is 8.98. The fourth-order valence-electron chi connectivity index (χ4n) is 1.11. The lowest BCUT2D eigenvalue weighted by molar-refractivity contribution is -0.255. The van der Waals surface area contributed by atoms with Gasteiger partial charge in [0.05, 0.1) is 17.2 Å². The van der Waals surface area contributed by atoms with E-state index in [-0.39, 0.29) is 16.8 Å². The van der Waals surface area contributed by atoms with Crippen LogP contribution in [0.5, 0.6) is 0 Å². The lowest BCUT2D eigenvalue weighted by atomic mass is 10.1. The second kappa shape index (κ2) is 6.48. The zero-order chi connectivity index (χ0) is 13.5. The Kier molecular flexibility index (Phi) is 4.98. The van der Waals surface area contributed by atoms with E-state index in [2.05, 4.69) is 27.6 Å². The number of hydrazine groups is 5. The van der Waals surface area contributed by atoms with Crippen molar-refractivity contribution < 1.29 is 19.8 Å². The minimum Gasteiger partial charge on any atom is -0.545 e. The van der Waals surface area contributed by atoms with Crippen LogP contribution in [0.4, 0.5) is 5.69 Å². The zero-order valence-corrected chi connectivity index (χ0v) is 8.98. The highest BCUT2D eigenvalue weighted by molar-refractivity contribution is 5.94. The van der Waals surface area contributed by atoms with Crippen LogP contribution in [0.2, 0.25) is 0 Å². The first-order valence-corrected chi connectivity index (χ1v) is 4.61. The van der Waals surface area contributed by atoms with Crippen molar-refractivity contribution in [2.45, 2.75) is 0 Å². The molecule has 0 atom stereocenters. The van der Waals surface area contributed by atoms with E-state index in [4.69, 9.17) is 10.9 Å². The van der Waals surface area contributed by atoms with Crippen molar-refractivity contribution >= 4 is 17.6 Å². The van der Waals surface area contributed by atoms with Crippen LogP contribution in [0.1, 0.15) is 20.7 Å². The first-order valence-electron chi connectivity index (χ1n) is 4.61. The monoisotopic (exact) mass is 255 g/mol. The largest absolute Gasteiger partial charge is 0.545 e. The number of carboxylic acids is 2. The molecule has 0 saturated carbocycles. The lowest BCUT2D eigenvalue weighted by Crippen LogP contribution is -2.54. The minimum atomic E-state index is -1.48. The molecule has 0 spiro atoms. The molecule has 8 N–H and O–H groups in total. The summed E-state index contributed by atoms with van der Waals surface area (Å²) in [6.45, 7) is 0. The van der Waals surface area contributed by atoms with Gasteiger partial charge >= 0.3 is 5.97 Å². The van der Waals surface area contributed by atoms with Gasteiger partial charge in [0.25, 0.3) is 0 Å². The molecule has 1 aromatic carbocycles. The molecule has 0 bridgehead atoms. The van der Waals surface area contributed by atoms with Crippen LogP contribution in [-0.2, 0) is 0 Å². The standard InChI is InChI=1S/C8H12N6O4/c9-11-13-14-12-10-6-2-4(7(15)16)1-5(3-6)8(17)18/h1-3,10-14H,9H2,(H,15,16)(H,17,18)/p-1. The predicted molar refractivity (Wildman–Crippen MR) is 58.1 cm³/mol. The molecule has 10 nitrogen and oxygen atoms in total. The van der Waals surface area contributed by atoms with Gasteiger partial charge < -0.3 is 20.4 Å². The Morgan fingerprint density at radius 1 is 1.11 bits per heavy atom. The van der Waals surface area contributed by atoms with Gasteiger partial charge in [0.15, 0.2) is 0 Å². The van der Waals surface area contributed by atoms with Crippen molar-refractivity contribution in [1.82, 2.24) is 22.1 Å². The molecule has 1 rings (SSSR count). The summed E-state index contributed by atoms with van der Waals surface area (Å²) in [5.74, 6) is 2.15. The van der Waals surface area contributed by atoms with Crippen molar-refractivity contribution in [1.29, 1.82) is 0 Å². The van der Waals surface area contributed by atoms with Gasteiger partial charge in [0.1, 0.15) is 0 Å². The minimum absolute atomic E-state index is 0.189. The maximum atomic E-state index is 10.8. The number of carboxylic acid groups (broad SMARTS) is 2. The molecule has 10 heteroatoms. The summed E-state index contributed by atoms with van der Waals surface area (Å²) in [7, 11) is 0. The molecule has 98 valence electrons. The van der Waals surface area contributed by atoms with Gasteiger partial charge in [-0.1, -0.05) is 0 Å². The quantitative estimate of drug-likeness (QED) is 0.152. The van der Waals surface area contributed by atoms with Crippen LogP contribution in [-0.4, -0.2) is 17.0 Å². The van der Waals surface area contributed by atoms with E-state index >= 15 is 0 Å². The number of aromatic carboxylic acids is 2. The summed E-state index contributed by atoms with van der Waals surface area (Å²) in [4.78, 5) is 21.5. The maximum absolute atomic E-state index is 10.8. The van der Waals surface area contributed by atoms with Gasteiger partial charge in [0, 0.05) is 5.56 Å². The summed E-state index contributed by atoms with van der Waals surface area (Å²) < 4.78 is 0. The lowest BCUT2D eigenvalue weighted by Gasteiger charge is -2.12. The number of carbonyl (C=O) groups excluding carboxylic acids is 1. The van der Waals surface area contributed by atoms with Crippen LogP contribution in [0, 0.1) is 0 Å². The first kappa shape index (κ1) is 13.8. The van der Waals surface area contributed by atoms with Crippen molar-refractivity contribution in [2.24, 2.45) is 5.84 Å². The van der Waals surface area contributed by atoms with E-state index in [1.54, 1.807) is 0 Å². The summed E-state index contributed by atoms with van der Waals surface area (Å²) in [5, 5.41) is 19.5. The Labute approximate surface area is 101 Å². The Morgan fingerprint density at radius 3 is 2.33 bits per heavy atom. The number of anilines is 1. The molecule has 0 aliphatic rings. The number of nitrogens with one attached hydrogen (secondary N) is 5. The second-order valence-electron chi connectivity index (χ2n) is 3.04. The molecule has 0 saturated heterocycles. The van der Waals surface area contributed by atoms with E-state index in [0.717, 1.165) is 6.07 Å². The predicted octanol–water partition coefficient (Wildman–Crippen LogP) is -2.95. The van der Waals surface area contributed by atoms with Crippen molar-refractivity contribution in [3.05, 3.63) is 29.3 Å². The Bertz CT molecular complexity index is 419. The van der Waals surface area contributed by atoms with Crippen LogP contribution in [0.15, 0.2) is 18.2 Å². The summed E-state index contributed by atoms with van der Waals surface area (Å²) in [5.41, 5.74) is 11.3. The smallest absolute Gasteiger partial charge is 0.335 e. The molecule has 0 aliphatic carbocycles. The van der Waals surface area contributed by atoms with Crippen LogP contribution in [0.3, 0.4) is 0 Å². The third-order valence-corrected chi connectivity index (χ3v) is 1.82. The number of carbonyl (C=O) groups is 2. The Hall–Kier alpha value is -2.24. The number of rotatable bonds is 7. The normalized spacial score (nSPS) is 10.1. The molecular weight excluding hydrogens is 244 g/mol. The van der Waals surface area contributed by atoms with Crippen LogP contribution < -0.4 is 38.5 Å². The second-order valence-corrected chi connectivity index (χ2v) is 3.04. The number of benzene rings is 1.